The lowest BCUT2D eigenvalue weighted by molar-refractivity contribution is -0.142. The molecule has 1 aromatic carbocycles. The second-order valence-electron chi connectivity index (χ2n) is 4.11. The summed E-state index contributed by atoms with van der Waals surface area (Å²) in [7, 11) is 1.28. The number of carbonyl (C=O) groups excluding carboxylic acids is 1. The van der Waals surface area contributed by atoms with Crippen molar-refractivity contribution < 1.29 is 18.3 Å². The second-order valence-corrected chi connectivity index (χ2v) is 4.11. The number of hydrogen-bond acceptors (Lipinski definition) is 4. The molecule has 100 valence electrons. The molecule has 5 heteroatoms. The smallest absolute Gasteiger partial charge is 0.323 e. The maximum Gasteiger partial charge on any atom is 0.323 e. The van der Waals surface area contributed by atoms with Crippen molar-refractivity contribution in [3.05, 3.63) is 48.0 Å². The van der Waals surface area contributed by atoms with Gasteiger partial charge in [0.15, 0.2) is 0 Å². The van der Waals surface area contributed by atoms with Crippen LogP contribution in [0.2, 0.25) is 0 Å². The minimum absolute atomic E-state index is 0.238. The van der Waals surface area contributed by atoms with Crippen molar-refractivity contribution >= 4 is 5.97 Å². The van der Waals surface area contributed by atoms with Gasteiger partial charge in [-0.2, -0.15) is 0 Å². The predicted molar refractivity (Wildman–Crippen MR) is 67.8 cm³/mol. The number of nitrogens with two attached hydrogens (primary N) is 1. The molecule has 1 heterocycles. The molecule has 0 bridgehead atoms. The number of hydrogen-bond donors (Lipinski definition) is 1. The van der Waals surface area contributed by atoms with Crippen LogP contribution in [0, 0.1) is 5.82 Å². The highest BCUT2D eigenvalue weighted by atomic mass is 19.1. The molecule has 19 heavy (non-hydrogen) atoms. The Morgan fingerprint density at radius 2 is 2.21 bits per heavy atom. The quantitative estimate of drug-likeness (QED) is 0.858. The van der Waals surface area contributed by atoms with Crippen molar-refractivity contribution in [1.82, 2.24) is 0 Å². The summed E-state index contributed by atoms with van der Waals surface area (Å²) >= 11 is 0. The van der Waals surface area contributed by atoms with Gasteiger partial charge in [0.1, 0.15) is 23.4 Å². The van der Waals surface area contributed by atoms with Gasteiger partial charge in [0.25, 0.3) is 0 Å². The van der Waals surface area contributed by atoms with Crippen LogP contribution in [-0.4, -0.2) is 19.1 Å². The average molecular weight is 263 g/mol. The van der Waals surface area contributed by atoms with Gasteiger partial charge in [-0.05, 0) is 24.3 Å². The molecule has 0 saturated heterocycles. The zero-order chi connectivity index (χ0) is 13.8. The Bertz CT molecular complexity index is 580. The molecular formula is C14H14FNO3. The predicted octanol–water partition coefficient (Wildman–Crippen LogP) is 2.13. The number of halogens is 1. The van der Waals surface area contributed by atoms with Gasteiger partial charge in [-0.3, -0.25) is 4.79 Å². The van der Waals surface area contributed by atoms with E-state index < -0.39 is 12.0 Å². The van der Waals surface area contributed by atoms with E-state index in [0.717, 1.165) is 0 Å². The first-order chi connectivity index (χ1) is 9.10. The van der Waals surface area contributed by atoms with Crippen LogP contribution >= 0.6 is 0 Å². The van der Waals surface area contributed by atoms with Crippen LogP contribution in [0.4, 0.5) is 4.39 Å². The maximum atomic E-state index is 13.1. The number of rotatable bonds is 4. The van der Waals surface area contributed by atoms with E-state index in [9.17, 15) is 9.18 Å². The van der Waals surface area contributed by atoms with Crippen molar-refractivity contribution in [2.45, 2.75) is 12.5 Å². The fourth-order valence-electron chi connectivity index (χ4n) is 1.74. The molecule has 0 aliphatic rings. The van der Waals surface area contributed by atoms with Crippen molar-refractivity contribution in [2.24, 2.45) is 5.73 Å². The first kappa shape index (κ1) is 13.3. The Morgan fingerprint density at radius 1 is 1.42 bits per heavy atom. The van der Waals surface area contributed by atoms with Gasteiger partial charge < -0.3 is 14.9 Å². The number of carbonyl (C=O) groups is 1. The summed E-state index contributed by atoms with van der Waals surface area (Å²) in [5.74, 6) is 0.258. The normalized spacial score (nSPS) is 12.2. The number of esters is 1. The molecule has 0 fully saturated rings. The van der Waals surface area contributed by atoms with Crippen LogP contribution < -0.4 is 5.73 Å². The molecule has 1 aromatic heterocycles. The maximum absolute atomic E-state index is 13.1. The molecule has 2 N–H and O–H groups in total. The van der Waals surface area contributed by atoms with Crippen molar-refractivity contribution in [2.75, 3.05) is 7.11 Å². The Hall–Kier alpha value is -2.14. The Balaban J connectivity index is 2.13. The van der Waals surface area contributed by atoms with E-state index in [4.69, 9.17) is 10.2 Å². The lowest BCUT2D eigenvalue weighted by atomic mass is 10.1. The lowest BCUT2D eigenvalue weighted by Gasteiger charge is -2.06. The summed E-state index contributed by atoms with van der Waals surface area (Å²) < 4.78 is 23.2. The molecular weight excluding hydrogens is 249 g/mol. The third-order valence-electron chi connectivity index (χ3n) is 2.70. The molecule has 1 unspecified atom stereocenters. The van der Waals surface area contributed by atoms with Crippen LogP contribution in [-0.2, 0) is 16.0 Å². The van der Waals surface area contributed by atoms with Gasteiger partial charge in [0, 0.05) is 12.0 Å². The third kappa shape index (κ3) is 3.20. The van der Waals surface area contributed by atoms with Gasteiger partial charge in [0.2, 0.25) is 0 Å². The number of furan rings is 1. The first-order valence-electron chi connectivity index (χ1n) is 5.78. The first-order valence-corrected chi connectivity index (χ1v) is 5.78. The van der Waals surface area contributed by atoms with E-state index in [1.807, 2.05) is 0 Å². The van der Waals surface area contributed by atoms with Crippen LogP contribution in [0.15, 0.2) is 40.8 Å². The standard InChI is InChI=1S/C14H14FNO3/c1-18-14(17)12(16)8-11-5-6-13(19-11)9-3-2-4-10(15)7-9/h2-7,12H,8,16H2,1H3. The minimum atomic E-state index is -0.767. The fraction of sp³-hybridized carbons (Fsp3) is 0.214. The topological polar surface area (TPSA) is 65.5 Å². The van der Waals surface area contributed by atoms with Crippen LogP contribution in [0.5, 0.6) is 0 Å². The van der Waals surface area contributed by atoms with E-state index in [2.05, 4.69) is 4.74 Å². The van der Waals surface area contributed by atoms with Crippen LogP contribution in [0.25, 0.3) is 11.3 Å². The van der Waals surface area contributed by atoms with Crippen molar-refractivity contribution in [1.29, 1.82) is 0 Å². The molecule has 2 rings (SSSR count). The van der Waals surface area contributed by atoms with Gasteiger partial charge >= 0.3 is 5.97 Å². The summed E-state index contributed by atoms with van der Waals surface area (Å²) in [4.78, 5) is 11.2. The largest absolute Gasteiger partial charge is 0.468 e. The second kappa shape index (κ2) is 5.67. The fourth-order valence-corrected chi connectivity index (χ4v) is 1.74. The molecule has 0 amide bonds. The van der Waals surface area contributed by atoms with E-state index in [1.54, 1.807) is 24.3 Å². The third-order valence-corrected chi connectivity index (χ3v) is 2.70. The SMILES string of the molecule is COC(=O)C(N)Cc1ccc(-c2cccc(F)c2)o1. The van der Waals surface area contributed by atoms with Gasteiger partial charge in [-0.25, -0.2) is 4.39 Å². The molecule has 0 aliphatic heterocycles. The number of benzene rings is 1. The molecule has 4 nitrogen and oxygen atoms in total. The lowest BCUT2D eigenvalue weighted by Crippen LogP contribution is -2.33. The zero-order valence-corrected chi connectivity index (χ0v) is 10.4. The van der Waals surface area contributed by atoms with Crippen molar-refractivity contribution in [3.8, 4) is 11.3 Å². The molecule has 0 spiro atoms. The van der Waals surface area contributed by atoms with Gasteiger partial charge in [0.05, 0.1) is 7.11 Å². The minimum Gasteiger partial charge on any atom is -0.468 e. The molecule has 0 aliphatic carbocycles. The number of methoxy groups -OCH3 is 1. The summed E-state index contributed by atoms with van der Waals surface area (Å²) in [6.45, 7) is 0. The Labute approximate surface area is 110 Å². The Kier molecular flexibility index (Phi) is 3.97. The molecule has 0 radical (unpaired) electrons. The molecule has 1 atom stereocenters. The highest BCUT2D eigenvalue weighted by Gasteiger charge is 2.16. The highest BCUT2D eigenvalue weighted by Crippen LogP contribution is 2.23. The average Bonchev–Trinajstić information content (AvgIpc) is 2.86. The molecule has 0 saturated carbocycles. The molecule has 2 aromatic rings. The monoisotopic (exact) mass is 263 g/mol. The van der Waals surface area contributed by atoms with Crippen molar-refractivity contribution in [3.63, 3.8) is 0 Å². The van der Waals surface area contributed by atoms with Gasteiger partial charge in [-0.15, -0.1) is 0 Å². The summed E-state index contributed by atoms with van der Waals surface area (Å²) in [5.41, 5.74) is 6.27. The summed E-state index contributed by atoms with van der Waals surface area (Å²) in [6, 6.07) is 8.75. The van der Waals surface area contributed by atoms with Crippen LogP contribution in [0.1, 0.15) is 5.76 Å². The van der Waals surface area contributed by atoms with E-state index in [0.29, 0.717) is 17.1 Å². The highest BCUT2D eigenvalue weighted by molar-refractivity contribution is 5.75. The van der Waals surface area contributed by atoms with Crippen LogP contribution in [0.3, 0.4) is 0 Å². The van der Waals surface area contributed by atoms with Gasteiger partial charge in [-0.1, -0.05) is 12.1 Å². The van der Waals surface area contributed by atoms with E-state index in [-0.39, 0.29) is 12.2 Å². The van der Waals surface area contributed by atoms with E-state index >= 15 is 0 Å². The summed E-state index contributed by atoms with van der Waals surface area (Å²) in [5, 5.41) is 0. The van der Waals surface area contributed by atoms with E-state index in [1.165, 1.54) is 19.2 Å². The Morgan fingerprint density at radius 3 is 2.89 bits per heavy atom. The number of ether oxygens (including phenoxy) is 1. The zero-order valence-electron chi connectivity index (χ0n) is 10.4. The summed E-state index contributed by atoms with van der Waals surface area (Å²) in [6.07, 6.45) is 0.238.